The Morgan fingerprint density at radius 1 is 1.31 bits per heavy atom. The number of hydrogen-bond acceptors (Lipinski definition) is 5. The molecular formula is C19H22N4O2S. The van der Waals surface area contributed by atoms with Crippen molar-refractivity contribution in [2.24, 2.45) is 0 Å². The molecule has 3 fully saturated rings. The van der Waals surface area contributed by atoms with Gasteiger partial charge in [0, 0.05) is 24.1 Å². The van der Waals surface area contributed by atoms with Gasteiger partial charge < -0.3 is 10.1 Å². The number of ether oxygens (including phenoxy) is 1. The third kappa shape index (κ3) is 2.07. The van der Waals surface area contributed by atoms with Gasteiger partial charge in [-0.25, -0.2) is 9.78 Å². The number of thiazole rings is 1. The third-order valence-electron chi connectivity index (χ3n) is 6.48. The smallest absolute Gasteiger partial charge is 0.324 e. The van der Waals surface area contributed by atoms with Crippen LogP contribution in [0, 0.1) is 0 Å². The molecule has 3 atom stereocenters. The minimum absolute atomic E-state index is 0.0147. The molecule has 1 N–H and O–H groups in total. The summed E-state index contributed by atoms with van der Waals surface area (Å²) in [6.45, 7) is 0.727. The highest BCUT2D eigenvalue weighted by Crippen LogP contribution is 2.43. The summed E-state index contributed by atoms with van der Waals surface area (Å²) in [7, 11) is 2.23. The maximum absolute atomic E-state index is 12.8. The van der Waals surface area contributed by atoms with Crippen LogP contribution in [0.4, 0.5) is 9.93 Å². The molecule has 2 amide bonds. The van der Waals surface area contributed by atoms with Gasteiger partial charge in [0.15, 0.2) is 5.13 Å². The van der Waals surface area contributed by atoms with E-state index in [0.717, 1.165) is 47.0 Å². The zero-order chi connectivity index (χ0) is 17.4. The summed E-state index contributed by atoms with van der Waals surface area (Å²) < 4.78 is 6.82. The van der Waals surface area contributed by atoms with Crippen LogP contribution in [0.25, 0.3) is 10.2 Å². The molecular weight excluding hydrogens is 348 g/mol. The SMILES string of the molecule is CN(C1CC1)[C@@H]1CC[C@@H]2NC(=O)N(c3nc4c5c(ccc4s3)OCC5)[C@@H]21. The molecule has 0 bridgehead atoms. The lowest BCUT2D eigenvalue weighted by Crippen LogP contribution is -2.49. The molecule has 2 aliphatic carbocycles. The van der Waals surface area contributed by atoms with E-state index in [1.807, 2.05) is 11.0 Å². The molecule has 1 aromatic carbocycles. The molecule has 0 unspecified atom stereocenters. The lowest BCUT2D eigenvalue weighted by Gasteiger charge is -2.32. The summed E-state index contributed by atoms with van der Waals surface area (Å²) in [6.07, 6.45) is 5.69. The number of anilines is 1. The van der Waals surface area contributed by atoms with Crippen molar-refractivity contribution in [3.8, 4) is 5.75 Å². The van der Waals surface area contributed by atoms with E-state index in [9.17, 15) is 4.79 Å². The van der Waals surface area contributed by atoms with Crippen LogP contribution in [-0.4, -0.2) is 53.7 Å². The number of nitrogens with one attached hydrogen (secondary N) is 1. The Morgan fingerprint density at radius 2 is 2.19 bits per heavy atom. The number of fused-ring (bicyclic) bond motifs is 4. The maximum Gasteiger partial charge on any atom is 0.324 e. The summed E-state index contributed by atoms with van der Waals surface area (Å²) in [5.74, 6) is 0.949. The zero-order valence-electron chi connectivity index (χ0n) is 14.8. The Morgan fingerprint density at radius 3 is 3.04 bits per heavy atom. The number of rotatable bonds is 3. The van der Waals surface area contributed by atoms with Gasteiger partial charge in [-0.2, -0.15) is 0 Å². The normalized spacial score (nSPS) is 30.0. The Hall–Kier alpha value is -1.86. The molecule has 1 aromatic heterocycles. The van der Waals surface area contributed by atoms with Crippen molar-refractivity contribution in [3.63, 3.8) is 0 Å². The van der Waals surface area contributed by atoms with E-state index in [1.165, 1.54) is 18.4 Å². The largest absolute Gasteiger partial charge is 0.493 e. The fourth-order valence-electron chi connectivity index (χ4n) is 5.01. The Bertz CT molecular complexity index is 908. The molecule has 6 rings (SSSR count). The van der Waals surface area contributed by atoms with Gasteiger partial charge in [0.2, 0.25) is 0 Å². The molecule has 136 valence electrons. The molecule has 0 spiro atoms. The van der Waals surface area contributed by atoms with Crippen LogP contribution >= 0.6 is 11.3 Å². The van der Waals surface area contributed by atoms with E-state index in [2.05, 4.69) is 23.3 Å². The van der Waals surface area contributed by atoms with Gasteiger partial charge in [-0.3, -0.25) is 9.80 Å². The molecule has 2 saturated carbocycles. The summed E-state index contributed by atoms with van der Waals surface area (Å²) in [5, 5.41) is 4.04. The van der Waals surface area contributed by atoms with Crippen LogP contribution in [0.5, 0.6) is 5.75 Å². The first-order valence-corrected chi connectivity index (χ1v) is 10.4. The number of aromatic nitrogens is 1. The monoisotopic (exact) mass is 370 g/mol. The second kappa shape index (κ2) is 5.33. The van der Waals surface area contributed by atoms with Crippen molar-refractivity contribution < 1.29 is 9.53 Å². The van der Waals surface area contributed by atoms with Crippen molar-refractivity contribution in [3.05, 3.63) is 17.7 Å². The van der Waals surface area contributed by atoms with Crippen LogP contribution in [0.3, 0.4) is 0 Å². The first-order chi connectivity index (χ1) is 12.7. The maximum atomic E-state index is 12.8. The molecule has 2 aromatic rings. The predicted octanol–water partition coefficient (Wildman–Crippen LogP) is 2.75. The molecule has 4 aliphatic rings. The van der Waals surface area contributed by atoms with E-state index in [1.54, 1.807) is 11.3 Å². The number of urea groups is 1. The fraction of sp³-hybridized carbons (Fsp3) is 0.579. The first-order valence-electron chi connectivity index (χ1n) is 9.57. The number of likely N-dealkylation sites (N-methyl/N-ethyl adjacent to an activating group) is 1. The predicted molar refractivity (Wildman–Crippen MR) is 101 cm³/mol. The summed E-state index contributed by atoms with van der Waals surface area (Å²) in [4.78, 5) is 22.2. The molecule has 3 heterocycles. The number of amides is 2. The number of carbonyl (C=O) groups is 1. The highest BCUT2D eigenvalue weighted by Gasteiger charge is 2.52. The third-order valence-corrected chi connectivity index (χ3v) is 7.50. The topological polar surface area (TPSA) is 57.7 Å². The van der Waals surface area contributed by atoms with Gasteiger partial charge >= 0.3 is 6.03 Å². The second-order valence-electron chi connectivity index (χ2n) is 7.94. The number of carbonyl (C=O) groups excluding carboxylic acids is 1. The quantitative estimate of drug-likeness (QED) is 0.903. The van der Waals surface area contributed by atoms with Gasteiger partial charge in [-0.15, -0.1) is 0 Å². The molecule has 2 aliphatic heterocycles. The van der Waals surface area contributed by atoms with Crippen LogP contribution in [0.2, 0.25) is 0 Å². The van der Waals surface area contributed by atoms with E-state index in [-0.39, 0.29) is 18.1 Å². The van der Waals surface area contributed by atoms with Crippen LogP contribution in [0.1, 0.15) is 31.2 Å². The number of nitrogens with zero attached hydrogens (tertiary/aromatic N) is 3. The van der Waals surface area contributed by atoms with Crippen molar-refractivity contribution in [1.29, 1.82) is 0 Å². The Kier molecular flexibility index (Phi) is 3.12. The van der Waals surface area contributed by atoms with Crippen LogP contribution < -0.4 is 15.0 Å². The first kappa shape index (κ1) is 15.2. The van der Waals surface area contributed by atoms with Gasteiger partial charge in [0.25, 0.3) is 0 Å². The molecule has 1 saturated heterocycles. The van der Waals surface area contributed by atoms with Crippen molar-refractivity contribution >= 4 is 32.7 Å². The van der Waals surface area contributed by atoms with E-state index < -0.39 is 0 Å². The summed E-state index contributed by atoms with van der Waals surface area (Å²) in [5.41, 5.74) is 2.21. The fourth-order valence-corrected chi connectivity index (χ4v) is 6.04. The van der Waals surface area contributed by atoms with Crippen molar-refractivity contribution in [1.82, 2.24) is 15.2 Å². The molecule has 0 radical (unpaired) electrons. The van der Waals surface area contributed by atoms with Crippen LogP contribution in [0.15, 0.2) is 12.1 Å². The van der Waals surface area contributed by atoms with E-state index in [0.29, 0.717) is 12.1 Å². The van der Waals surface area contributed by atoms with Crippen molar-refractivity contribution in [2.45, 2.75) is 56.3 Å². The Balaban J connectivity index is 1.41. The van der Waals surface area contributed by atoms with E-state index in [4.69, 9.17) is 9.72 Å². The highest BCUT2D eigenvalue weighted by molar-refractivity contribution is 7.22. The molecule has 26 heavy (non-hydrogen) atoms. The molecule has 6 nitrogen and oxygen atoms in total. The number of hydrogen-bond donors (Lipinski definition) is 1. The number of benzene rings is 1. The average Bonchev–Trinajstić information content (AvgIpc) is 2.98. The average molecular weight is 370 g/mol. The summed E-state index contributed by atoms with van der Waals surface area (Å²) in [6, 6.07) is 5.70. The minimum atomic E-state index is 0.0147. The standard InChI is InChI=1S/C19H22N4O2S/c1-22(10-2-3-10)13-5-4-12-17(13)23(18(24)20-12)19-21-16-11-8-9-25-14(11)6-7-15(16)26-19/h6-7,10,12-13,17H,2-5,8-9H2,1H3,(H,20,24)/t12-,13+,17-/m0/s1. The highest BCUT2D eigenvalue weighted by atomic mass is 32.1. The van der Waals surface area contributed by atoms with E-state index >= 15 is 0 Å². The second-order valence-corrected chi connectivity index (χ2v) is 8.95. The Labute approximate surface area is 156 Å². The molecule has 7 heteroatoms. The van der Waals surface area contributed by atoms with Gasteiger partial charge in [-0.05, 0) is 44.9 Å². The lowest BCUT2D eigenvalue weighted by atomic mass is 10.1. The zero-order valence-corrected chi connectivity index (χ0v) is 15.6. The van der Waals surface area contributed by atoms with Crippen molar-refractivity contribution in [2.75, 3.05) is 18.6 Å². The van der Waals surface area contributed by atoms with Gasteiger partial charge in [-0.1, -0.05) is 11.3 Å². The van der Waals surface area contributed by atoms with Gasteiger partial charge in [0.05, 0.1) is 28.9 Å². The van der Waals surface area contributed by atoms with Crippen LogP contribution in [-0.2, 0) is 6.42 Å². The summed E-state index contributed by atoms with van der Waals surface area (Å²) >= 11 is 1.63. The minimum Gasteiger partial charge on any atom is -0.493 e. The lowest BCUT2D eigenvalue weighted by molar-refractivity contribution is 0.215. The van der Waals surface area contributed by atoms with Gasteiger partial charge in [0.1, 0.15) is 5.75 Å².